The second-order valence-corrected chi connectivity index (χ2v) is 9.08. The minimum absolute atomic E-state index is 0.000776. The first-order chi connectivity index (χ1) is 15.5. The van der Waals surface area contributed by atoms with E-state index in [1.165, 1.54) is 0 Å². The van der Waals surface area contributed by atoms with Crippen LogP contribution in [0, 0.1) is 12.8 Å². The van der Waals surface area contributed by atoms with Gasteiger partial charge in [0.05, 0.1) is 17.3 Å². The van der Waals surface area contributed by atoms with Crippen LogP contribution in [-0.2, 0) is 4.79 Å². The maximum atomic E-state index is 13.6. The first-order valence-electron chi connectivity index (χ1n) is 11.5. The normalized spacial score (nSPS) is 16.8. The molecule has 32 heavy (non-hydrogen) atoms. The van der Waals surface area contributed by atoms with Gasteiger partial charge in [-0.15, -0.1) is 0 Å². The number of nitrogens with one attached hydrogen (secondary N) is 1. The van der Waals surface area contributed by atoms with Crippen molar-refractivity contribution < 1.29 is 9.90 Å². The van der Waals surface area contributed by atoms with Crippen molar-refractivity contribution in [1.29, 1.82) is 0 Å². The average molecular weight is 433 g/mol. The lowest BCUT2D eigenvalue weighted by Crippen LogP contribution is -2.22. The summed E-state index contributed by atoms with van der Waals surface area (Å²) in [6.07, 6.45) is 8.13. The number of amides is 1. The van der Waals surface area contributed by atoms with Gasteiger partial charge in [0.1, 0.15) is 5.82 Å². The Kier molecular flexibility index (Phi) is 5.29. The van der Waals surface area contributed by atoms with Gasteiger partial charge in [-0.3, -0.25) is 14.6 Å². The van der Waals surface area contributed by atoms with Crippen LogP contribution in [0.4, 0.5) is 5.82 Å². The van der Waals surface area contributed by atoms with E-state index in [0.717, 1.165) is 54.1 Å². The molecule has 2 fully saturated rings. The number of nitrogens with zero attached hydrogens (tertiary/aromatic N) is 3. The van der Waals surface area contributed by atoms with Crippen LogP contribution in [0.3, 0.4) is 0 Å². The maximum absolute atomic E-state index is 13.6. The lowest BCUT2D eigenvalue weighted by molar-refractivity contribution is -0.117. The molecule has 2 aliphatic carbocycles. The smallest absolute Gasteiger partial charge is 0.259 e. The summed E-state index contributed by atoms with van der Waals surface area (Å²) >= 11 is 0. The summed E-state index contributed by atoms with van der Waals surface area (Å²) in [6.45, 7) is 3.97. The van der Waals surface area contributed by atoms with Crippen LogP contribution in [0.5, 0.6) is 0 Å². The van der Waals surface area contributed by atoms with Crippen LogP contribution in [0.15, 0.2) is 35.4 Å². The molecular weight excluding hydrogens is 404 g/mol. The van der Waals surface area contributed by atoms with Crippen molar-refractivity contribution in [3.8, 4) is 11.1 Å². The zero-order valence-electron chi connectivity index (χ0n) is 18.5. The zero-order valence-corrected chi connectivity index (χ0v) is 18.5. The highest BCUT2D eigenvalue weighted by Gasteiger charge is 2.31. The quantitative estimate of drug-likeness (QED) is 0.581. The van der Waals surface area contributed by atoms with Crippen molar-refractivity contribution in [1.82, 2.24) is 14.5 Å². The fraction of sp³-hybridized carbons (Fsp3) is 0.440. The zero-order chi connectivity index (χ0) is 22.4. The highest BCUT2D eigenvalue weighted by molar-refractivity contribution is 5.95. The molecule has 2 aliphatic rings. The molecule has 0 aliphatic heterocycles. The standard InChI is InChI=1S/C25H28N4O3/c1-3-4-22(30)20-9-14(2)19(13-26-20)18-10-16-12-27-23(28-24(31)15-5-6-15)11-21(16)29(25(18)32)17-7-8-17/h9-13,15,17,22,30H,3-8H2,1-2H3,(H,27,28,31). The molecule has 0 bridgehead atoms. The van der Waals surface area contributed by atoms with Gasteiger partial charge in [0, 0.05) is 46.9 Å². The maximum Gasteiger partial charge on any atom is 0.259 e. The molecule has 166 valence electrons. The minimum atomic E-state index is -0.596. The Morgan fingerprint density at radius 1 is 1.16 bits per heavy atom. The fourth-order valence-electron chi connectivity index (χ4n) is 4.23. The van der Waals surface area contributed by atoms with E-state index in [-0.39, 0.29) is 23.4 Å². The summed E-state index contributed by atoms with van der Waals surface area (Å²) in [6, 6.07) is 5.71. The number of fused-ring (bicyclic) bond motifs is 1. The second-order valence-electron chi connectivity index (χ2n) is 9.08. The number of aliphatic hydroxyl groups is 1. The van der Waals surface area contributed by atoms with E-state index in [2.05, 4.69) is 15.3 Å². The summed E-state index contributed by atoms with van der Waals surface area (Å²) in [5, 5.41) is 14.0. The molecule has 0 radical (unpaired) electrons. The van der Waals surface area contributed by atoms with E-state index in [9.17, 15) is 14.7 Å². The largest absolute Gasteiger partial charge is 0.387 e. The molecule has 5 rings (SSSR count). The lowest BCUT2D eigenvalue weighted by Gasteiger charge is -2.16. The number of aliphatic hydroxyl groups excluding tert-OH is 1. The molecular formula is C25H28N4O3. The van der Waals surface area contributed by atoms with Crippen LogP contribution in [0.25, 0.3) is 22.0 Å². The van der Waals surface area contributed by atoms with E-state index < -0.39 is 6.10 Å². The van der Waals surface area contributed by atoms with Crippen LogP contribution in [-0.4, -0.2) is 25.5 Å². The molecule has 7 heteroatoms. The Bertz CT molecular complexity index is 1260. The molecule has 0 spiro atoms. The Labute approximate surface area is 186 Å². The van der Waals surface area contributed by atoms with Gasteiger partial charge >= 0.3 is 0 Å². The van der Waals surface area contributed by atoms with E-state index >= 15 is 0 Å². The van der Waals surface area contributed by atoms with Crippen LogP contribution < -0.4 is 10.9 Å². The monoisotopic (exact) mass is 432 g/mol. The second kappa shape index (κ2) is 8.13. The first-order valence-corrected chi connectivity index (χ1v) is 11.5. The van der Waals surface area contributed by atoms with Crippen molar-refractivity contribution in [2.24, 2.45) is 5.92 Å². The summed E-state index contributed by atoms with van der Waals surface area (Å²) in [4.78, 5) is 34.6. The number of aryl methyl sites for hydroxylation is 1. The highest BCUT2D eigenvalue weighted by atomic mass is 16.3. The number of hydrogen-bond acceptors (Lipinski definition) is 5. The fourth-order valence-corrected chi connectivity index (χ4v) is 4.23. The molecule has 1 unspecified atom stereocenters. The van der Waals surface area contributed by atoms with Gasteiger partial charge in [-0.25, -0.2) is 4.98 Å². The Morgan fingerprint density at radius 3 is 2.59 bits per heavy atom. The predicted octanol–water partition coefficient (Wildman–Crippen LogP) is 4.28. The van der Waals surface area contributed by atoms with Crippen molar-refractivity contribution in [2.45, 2.75) is 64.5 Å². The molecule has 1 amide bonds. The molecule has 7 nitrogen and oxygen atoms in total. The third-order valence-corrected chi connectivity index (χ3v) is 6.36. The van der Waals surface area contributed by atoms with Crippen LogP contribution in [0.1, 0.15) is 68.9 Å². The molecule has 3 heterocycles. The molecule has 0 aromatic carbocycles. The van der Waals surface area contributed by atoms with Gasteiger partial charge in [0.15, 0.2) is 0 Å². The Hall–Kier alpha value is -3.06. The van der Waals surface area contributed by atoms with Crippen LogP contribution in [0.2, 0.25) is 0 Å². The van der Waals surface area contributed by atoms with Gasteiger partial charge in [0.2, 0.25) is 5.91 Å². The third kappa shape index (κ3) is 3.93. The number of aromatic nitrogens is 3. The van der Waals surface area contributed by atoms with Gasteiger partial charge in [-0.2, -0.15) is 0 Å². The van der Waals surface area contributed by atoms with Gasteiger partial charge in [-0.1, -0.05) is 13.3 Å². The highest BCUT2D eigenvalue weighted by Crippen LogP contribution is 2.38. The summed E-state index contributed by atoms with van der Waals surface area (Å²) < 4.78 is 1.85. The average Bonchev–Trinajstić information content (AvgIpc) is 3.67. The van der Waals surface area contributed by atoms with Crippen molar-refractivity contribution in [2.75, 3.05) is 5.32 Å². The van der Waals surface area contributed by atoms with E-state index in [0.29, 0.717) is 23.5 Å². The molecule has 3 aromatic rings. The number of carbonyl (C=O) groups excluding carboxylic acids is 1. The number of hydrogen-bond donors (Lipinski definition) is 2. The SMILES string of the molecule is CCCC(O)c1cc(C)c(-c2cc3cnc(NC(=O)C4CC4)cc3n(C3CC3)c2=O)cn1. The van der Waals surface area contributed by atoms with E-state index in [4.69, 9.17) is 0 Å². The van der Waals surface area contributed by atoms with Crippen molar-refractivity contribution in [3.63, 3.8) is 0 Å². The molecule has 2 N–H and O–H groups in total. The molecule has 2 saturated carbocycles. The van der Waals surface area contributed by atoms with Crippen LogP contribution >= 0.6 is 0 Å². The lowest BCUT2D eigenvalue weighted by atomic mass is 10.00. The number of rotatable bonds is 7. The molecule has 1 atom stereocenters. The number of pyridine rings is 3. The minimum Gasteiger partial charge on any atom is -0.387 e. The van der Waals surface area contributed by atoms with Crippen molar-refractivity contribution in [3.05, 3.63) is 52.2 Å². The number of anilines is 1. The topological polar surface area (TPSA) is 97.1 Å². The van der Waals surface area contributed by atoms with Gasteiger partial charge in [0.25, 0.3) is 5.56 Å². The van der Waals surface area contributed by atoms with Gasteiger partial charge < -0.3 is 15.0 Å². The number of carbonyl (C=O) groups is 1. The first kappa shape index (κ1) is 20.8. The summed E-state index contributed by atoms with van der Waals surface area (Å²) in [5.74, 6) is 0.582. The van der Waals surface area contributed by atoms with Gasteiger partial charge in [-0.05, 0) is 56.7 Å². The Morgan fingerprint density at radius 2 is 1.94 bits per heavy atom. The Balaban J connectivity index is 1.58. The predicted molar refractivity (Wildman–Crippen MR) is 123 cm³/mol. The van der Waals surface area contributed by atoms with E-state index in [1.807, 2.05) is 36.6 Å². The molecule has 0 saturated heterocycles. The summed E-state index contributed by atoms with van der Waals surface area (Å²) in [5.41, 5.74) is 3.63. The summed E-state index contributed by atoms with van der Waals surface area (Å²) in [7, 11) is 0. The van der Waals surface area contributed by atoms with E-state index in [1.54, 1.807) is 12.4 Å². The third-order valence-electron chi connectivity index (χ3n) is 6.36. The molecule has 3 aromatic heterocycles. The van der Waals surface area contributed by atoms with Crippen molar-refractivity contribution >= 4 is 22.6 Å².